The molecule has 4 nitrogen and oxygen atoms in total. The van der Waals surface area contributed by atoms with Crippen molar-refractivity contribution in [3.05, 3.63) is 45.9 Å². The molecule has 3 rings (SSSR count). The molecular formula is C17H21N3OS2. The summed E-state index contributed by atoms with van der Waals surface area (Å²) in [5, 5.41) is 6.52. The van der Waals surface area contributed by atoms with Crippen molar-refractivity contribution >= 4 is 29.0 Å². The molecule has 2 heterocycles. The van der Waals surface area contributed by atoms with E-state index < -0.39 is 0 Å². The van der Waals surface area contributed by atoms with Gasteiger partial charge in [-0.05, 0) is 38.1 Å². The van der Waals surface area contributed by atoms with Crippen LogP contribution in [0.25, 0.3) is 0 Å². The molecule has 1 atom stereocenters. The molecule has 1 fully saturated rings. The third-order valence-corrected chi connectivity index (χ3v) is 5.78. The number of nitrogens with zero attached hydrogens (tertiary/aromatic N) is 2. The zero-order chi connectivity index (χ0) is 16.2. The number of nitrogens with one attached hydrogen (secondary N) is 1. The van der Waals surface area contributed by atoms with Crippen molar-refractivity contribution in [1.82, 2.24) is 15.2 Å². The van der Waals surface area contributed by atoms with Gasteiger partial charge in [0, 0.05) is 47.3 Å². The third kappa shape index (κ3) is 4.13. The van der Waals surface area contributed by atoms with Crippen LogP contribution in [0, 0.1) is 6.92 Å². The van der Waals surface area contributed by atoms with E-state index in [0.717, 1.165) is 41.7 Å². The smallest absolute Gasteiger partial charge is 0.254 e. The van der Waals surface area contributed by atoms with E-state index >= 15 is 0 Å². The molecule has 1 aromatic carbocycles. The van der Waals surface area contributed by atoms with E-state index in [-0.39, 0.29) is 11.9 Å². The number of carbonyl (C=O) groups excluding carboxylic acids is 1. The molecule has 122 valence electrons. The Balaban J connectivity index is 1.61. The van der Waals surface area contributed by atoms with Crippen LogP contribution in [0.15, 0.2) is 34.5 Å². The van der Waals surface area contributed by atoms with Crippen LogP contribution in [-0.2, 0) is 5.75 Å². The fraction of sp³-hybridized carbons (Fsp3) is 0.412. The van der Waals surface area contributed by atoms with E-state index in [4.69, 9.17) is 0 Å². The number of aromatic nitrogens is 1. The van der Waals surface area contributed by atoms with Crippen molar-refractivity contribution in [3.63, 3.8) is 0 Å². The SMILES string of the molecule is Cc1nc(CSc2ccc(C(=O)N3CCNC[C@H]3C)cc2)cs1. The van der Waals surface area contributed by atoms with Crippen LogP contribution < -0.4 is 5.32 Å². The summed E-state index contributed by atoms with van der Waals surface area (Å²) in [5.74, 6) is 0.998. The minimum atomic E-state index is 0.130. The fourth-order valence-electron chi connectivity index (χ4n) is 2.63. The number of hydrogen-bond donors (Lipinski definition) is 1. The maximum Gasteiger partial charge on any atom is 0.254 e. The van der Waals surface area contributed by atoms with Gasteiger partial charge in [0.2, 0.25) is 0 Å². The van der Waals surface area contributed by atoms with Crippen molar-refractivity contribution in [1.29, 1.82) is 0 Å². The number of rotatable bonds is 4. The number of piperazine rings is 1. The van der Waals surface area contributed by atoms with Gasteiger partial charge in [-0.15, -0.1) is 23.1 Å². The predicted molar refractivity (Wildman–Crippen MR) is 96.2 cm³/mol. The van der Waals surface area contributed by atoms with Gasteiger partial charge in [-0.25, -0.2) is 4.98 Å². The number of amides is 1. The summed E-state index contributed by atoms with van der Waals surface area (Å²) in [7, 11) is 0. The average molecular weight is 348 g/mol. The van der Waals surface area contributed by atoms with Crippen molar-refractivity contribution in [2.24, 2.45) is 0 Å². The Labute approximate surface area is 145 Å². The molecule has 0 aliphatic carbocycles. The lowest BCUT2D eigenvalue weighted by molar-refractivity contribution is 0.0655. The summed E-state index contributed by atoms with van der Waals surface area (Å²) in [6.45, 7) is 6.63. The van der Waals surface area contributed by atoms with Crippen LogP contribution in [0.1, 0.15) is 28.0 Å². The van der Waals surface area contributed by atoms with Crippen LogP contribution in [0.2, 0.25) is 0 Å². The summed E-state index contributed by atoms with van der Waals surface area (Å²) < 4.78 is 0. The molecule has 6 heteroatoms. The van der Waals surface area contributed by atoms with Crippen LogP contribution in [0.5, 0.6) is 0 Å². The quantitative estimate of drug-likeness (QED) is 0.863. The second-order valence-corrected chi connectivity index (χ2v) is 7.83. The van der Waals surface area contributed by atoms with Crippen LogP contribution in [-0.4, -0.2) is 41.5 Å². The molecule has 0 bridgehead atoms. The summed E-state index contributed by atoms with van der Waals surface area (Å²) in [4.78, 5) is 20.2. The Bertz CT molecular complexity index is 669. The van der Waals surface area contributed by atoms with Gasteiger partial charge in [0.1, 0.15) is 0 Å². The van der Waals surface area contributed by atoms with Crippen molar-refractivity contribution in [3.8, 4) is 0 Å². The summed E-state index contributed by atoms with van der Waals surface area (Å²) in [6, 6.07) is 8.18. The van der Waals surface area contributed by atoms with Gasteiger partial charge in [-0.3, -0.25) is 4.79 Å². The molecule has 1 aliphatic rings. The second kappa shape index (κ2) is 7.47. The molecule has 1 aliphatic heterocycles. The molecule has 0 radical (unpaired) electrons. The molecule has 1 aromatic heterocycles. The Hall–Kier alpha value is -1.37. The summed E-state index contributed by atoms with van der Waals surface area (Å²) in [5.41, 5.74) is 1.89. The molecule has 2 aromatic rings. The van der Waals surface area contributed by atoms with Gasteiger partial charge in [0.05, 0.1) is 10.7 Å². The number of benzene rings is 1. The van der Waals surface area contributed by atoms with E-state index in [2.05, 4.69) is 22.6 Å². The first kappa shape index (κ1) is 16.5. The maximum absolute atomic E-state index is 12.6. The van der Waals surface area contributed by atoms with E-state index in [1.165, 1.54) is 4.90 Å². The lowest BCUT2D eigenvalue weighted by Gasteiger charge is -2.34. The summed E-state index contributed by atoms with van der Waals surface area (Å²) >= 11 is 3.43. The number of carbonyl (C=O) groups is 1. The van der Waals surface area contributed by atoms with Crippen molar-refractivity contribution < 1.29 is 4.79 Å². The highest BCUT2D eigenvalue weighted by atomic mass is 32.2. The second-order valence-electron chi connectivity index (χ2n) is 5.72. The monoisotopic (exact) mass is 347 g/mol. The highest BCUT2D eigenvalue weighted by molar-refractivity contribution is 7.98. The molecule has 0 unspecified atom stereocenters. The van der Waals surface area contributed by atoms with E-state index in [0.29, 0.717) is 0 Å². The standard InChI is InChI=1S/C17H21N3OS2/c1-12-9-18-7-8-20(12)17(21)14-3-5-16(6-4-14)23-11-15-10-22-13(2)19-15/h3-6,10,12,18H,7-9,11H2,1-2H3/t12-/m1/s1. The van der Waals surface area contributed by atoms with Crippen molar-refractivity contribution in [2.75, 3.05) is 19.6 Å². The Morgan fingerprint density at radius 3 is 2.87 bits per heavy atom. The highest BCUT2D eigenvalue weighted by Crippen LogP contribution is 2.24. The van der Waals surface area contributed by atoms with E-state index in [9.17, 15) is 4.79 Å². The van der Waals surface area contributed by atoms with Gasteiger partial charge in [0.15, 0.2) is 0 Å². The number of aryl methyl sites for hydroxylation is 1. The van der Waals surface area contributed by atoms with Crippen molar-refractivity contribution in [2.45, 2.75) is 30.5 Å². The lowest BCUT2D eigenvalue weighted by atomic mass is 10.1. The minimum absolute atomic E-state index is 0.130. The third-order valence-electron chi connectivity index (χ3n) is 3.92. The molecule has 1 amide bonds. The lowest BCUT2D eigenvalue weighted by Crippen LogP contribution is -2.52. The topological polar surface area (TPSA) is 45.2 Å². The normalized spacial score (nSPS) is 18.2. The van der Waals surface area contributed by atoms with E-state index in [1.54, 1.807) is 23.1 Å². The van der Waals surface area contributed by atoms with Gasteiger partial charge in [-0.1, -0.05) is 0 Å². The van der Waals surface area contributed by atoms with Gasteiger partial charge >= 0.3 is 0 Å². The molecule has 0 spiro atoms. The fourth-order valence-corrected chi connectivity index (χ4v) is 4.14. The first-order valence-electron chi connectivity index (χ1n) is 7.79. The average Bonchev–Trinajstić information content (AvgIpc) is 2.99. The first-order chi connectivity index (χ1) is 11.1. The molecular weight excluding hydrogens is 326 g/mol. The van der Waals surface area contributed by atoms with E-state index in [1.807, 2.05) is 36.1 Å². The molecule has 23 heavy (non-hydrogen) atoms. The maximum atomic E-state index is 12.6. The number of thiazole rings is 1. The van der Waals surface area contributed by atoms with Crippen LogP contribution >= 0.6 is 23.1 Å². The van der Waals surface area contributed by atoms with Crippen LogP contribution in [0.3, 0.4) is 0 Å². The highest BCUT2D eigenvalue weighted by Gasteiger charge is 2.23. The number of thioether (sulfide) groups is 1. The van der Waals surface area contributed by atoms with Gasteiger partial charge in [-0.2, -0.15) is 0 Å². The molecule has 1 N–H and O–H groups in total. The minimum Gasteiger partial charge on any atom is -0.333 e. The molecule has 1 saturated heterocycles. The zero-order valence-electron chi connectivity index (χ0n) is 13.4. The van der Waals surface area contributed by atoms with Gasteiger partial charge < -0.3 is 10.2 Å². The zero-order valence-corrected chi connectivity index (χ0v) is 15.0. The Kier molecular flexibility index (Phi) is 5.35. The summed E-state index contributed by atoms with van der Waals surface area (Å²) in [6.07, 6.45) is 0. The number of hydrogen-bond acceptors (Lipinski definition) is 5. The van der Waals surface area contributed by atoms with Crippen LogP contribution in [0.4, 0.5) is 0 Å². The largest absolute Gasteiger partial charge is 0.333 e. The Morgan fingerprint density at radius 2 is 2.22 bits per heavy atom. The predicted octanol–water partition coefficient (Wildman–Crippen LogP) is 3.18. The molecule has 0 saturated carbocycles. The first-order valence-corrected chi connectivity index (χ1v) is 9.65. The Morgan fingerprint density at radius 1 is 1.43 bits per heavy atom. The van der Waals surface area contributed by atoms with Gasteiger partial charge in [0.25, 0.3) is 5.91 Å².